The van der Waals surface area contributed by atoms with E-state index in [0.717, 1.165) is 28.6 Å². The zero-order chi connectivity index (χ0) is 14.5. The number of rotatable bonds is 5. The van der Waals surface area contributed by atoms with Gasteiger partial charge < -0.3 is 5.32 Å². The quantitative estimate of drug-likeness (QED) is 0.801. The first-order valence-corrected chi connectivity index (χ1v) is 7.60. The first kappa shape index (κ1) is 15.4. The van der Waals surface area contributed by atoms with E-state index in [1.807, 2.05) is 18.2 Å². The van der Waals surface area contributed by atoms with Gasteiger partial charge in [0.1, 0.15) is 0 Å². The lowest BCUT2D eigenvalue weighted by molar-refractivity contribution is 0.547. The van der Waals surface area contributed by atoms with Crippen LogP contribution in [0, 0.1) is 6.92 Å². The fourth-order valence-corrected chi connectivity index (χ4v) is 2.83. The van der Waals surface area contributed by atoms with Gasteiger partial charge in [-0.05, 0) is 54.8 Å². The van der Waals surface area contributed by atoms with E-state index < -0.39 is 0 Å². The highest BCUT2D eigenvalue weighted by molar-refractivity contribution is 6.33. The molecule has 0 amide bonds. The topological polar surface area (TPSA) is 12.0 Å². The van der Waals surface area contributed by atoms with Crippen LogP contribution in [0.25, 0.3) is 0 Å². The zero-order valence-corrected chi connectivity index (χ0v) is 13.3. The van der Waals surface area contributed by atoms with E-state index in [9.17, 15) is 0 Å². The standard InChI is InChI=1S/C17H19Cl2N/c1-3-20-17(15-7-5-4-6-12(15)2)11-13-10-14(18)8-9-16(13)19/h4-10,17,20H,3,11H2,1-2H3. The lowest BCUT2D eigenvalue weighted by Gasteiger charge is -2.21. The second-order valence-electron chi connectivity index (χ2n) is 4.91. The second-order valence-corrected chi connectivity index (χ2v) is 5.75. The molecule has 106 valence electrons. The zero-order valence-electron chi connectivity index (χ0n) is 11.8. The Bertz CT molecular complexity index is 581. The van der Waals surface area contributed by atoms with Gasteiger partial charge in [-0.25, -0.2) is 0 Å². The number of halogens is 2. The van der Waals surface area contributed by atoms with Crippen molar-refractivity contribution in [3.05, 3.63) is 69.2 Å². The Kier molecular flexibility index (Phi) is 5.47. The first-order valence-electron chi connectivity index (χ1n) is 6.84. The molecule has 0 saturated heterocycles. The van der Waals surface area contributed by atoms with Crippen LogP contribution in [-0.2, 0) is 6.42 Å². The van der Waals surface area contributed by atoms with Gasteiger partial charge in [-0.3, -0.25) is 0 Å². The van der Waals surface area contributed by atoms with Gasteiger partial charge in [-0.1, -0.05) is 54.4 Å². The van der Waals surface area contributed by atoms with Gasteiger partial charge in [0.2, 0.25) is 0 Å². The fraction of sp³-hybridized carbons (Fsp3) is 0.294. The molecular formula is C17H19Cl2N. The lowest BCUT2D eigenvalue weighted by Crippen LogP contribution is -2.23. The molecule has 1 N–H and O–H groups in total. The summed E-state index contributed by atoms with van der Waals surface area (Å²) in [5, 5.41) is 5.03. The average Bonchev–Trinajstić information content (AvgIpc) is 2.43. The first-order chi connectivity index (χ1) is 9.61. The molecule has 0 aromatic heterocycles. The van der Waals surface area contributed by atoms with Crippen molar-refractivity contribution in [1.29, 1.82) is 0 Å². The second kappa shape index (κ2) is 7.12. The van der Waals surface area contributed by atoms with E-state index in [1.165, 1.54) is 11.1 Å². The van der Waals surface area contributed by atoms with Gasteiger partial charge in [0.05, 0.1) is 0 Å². The van der Waals surface area contributed by atoms with Gasteiger partial charge in [0, 0.05) is 16.1 Å². The van der Waals surface area contributed by atoms with E-state index in [-0.39, 0.29) is 6.04 Å². The molecule has 0 heterocycles. The molecule has 20 heavy (non-hydrogen) atoms. The van der Waals surface area contributed by atoms with Gasteiger partial charge in [0.25, 0.3) is 0 Å². The molecule has 0 bridgehead atoms. The summed E-state index contributed by atoms with van der Waals surface area (Å²) in [5.74, 6) is 0. The molecule has 2 aromatic carbocycles. The Morgan fingerprint density at radius 1 is 1.10 bits per heavy atom. The van der Waals surface area contributed by atoms with E-state index in [0.29, 0.717) is 0 Å². The number of likely N-dealkylation sites (N-methyl/N-ethyl adjacent to an activating group) is 1. The largest absolute Gasteiger partial charge is 0.310 e. The third kappa shape index (κ3) is 3.76. The molecule has 0 aliphatic rings. The molecule has 0 spiro atoms. The van der Waals surface area contributed by atoms with E-state index in [1.54, 1.807) is 0 Å². The maximum Gasteiger partial charge on any atom is 0.0439 e. The molecule has 1 unspecified atom stereocenters. The van der Waals surface area contributed by atoms with Crippen molar-refractivity contribution in [1.82, 2.24) is 5.32 Å². The van der Waals surface area contributed by atoms with E-state index in [2.05, 4.69) is 43.4 Å². The molecule has 2 aromatic rings. The van der Waals surface area contributed by atoms with Crippen molar-refractivity contribution in [3.63, 3.8) is 0 Å². The third-order valence-corrected chi connectivity index (χ3v) is 4.05. The summed E-state index contributed by atoms with van der Waals surface area (Å²) in [6.07, 6.45) is 0.831. The van der Waals surface area contributed by atoms with Crippen LogP contribution >= 0.6 is 23.2 Å². The number of benzene rings is 2. The molecule has 0 radical (unpaired) electrons. The maximum atomic E-state index is 6.28. The number of nitrogens with one attached hydrogen (secondary N) is 1. The fourth-order valence-electron chi connectivity index (χ4n) is 2.44. The van der Waals surface area contributed by atoms with Gasteiger partial charge in [-0.15, -0.1) is 0 Å². The Morgan fingerprint density at radius 2 is 1.85 bits per heavy atom. The van der Waals surface area contributed by atoms with E-state index >= 15 is 0 Å². The summed E-state index contributed by atoms with van der Waals surface area (Å²) in [4.78, 5) is 0. The molecule has 0 aliphatic carbocycles. The SMILES string of the molecule is CCNC(Cc1cc(Cl)ccc1Cl)c1ccccc1C. The number of hydrogen-bond acceptors (Lipinski definition) is 1. The van der Waals surface area contributed by atoms with Crippen LogP contribution in [0.4, 0.5) is 0 Å². The van der Waals surface area contributed by atoms with Gasteiger partial charge in [-0.2, -0.15) is 0 Å². The van der Waals surface area contributed by atoms with Gasteiger partial charge >= 0.3 is 0 Å². The molecular weight excluding hydrogens is 289 g/mol. The minimum Gasteiger partial charge on any atom is -0.310 e. The molecule has 3 heteroatoms. The van der Waals surface area contributed by atoms with Crippen LogP contribution in [0.5, 0.6) is 0 Å². The van der Waals surface area contributed by atoms with Crippen molar-refractivity contribution in [2.75, 3.05) is 6.54 Å². The van der Waals surface area contributed by atoms with Crippen molar-refractivity contribution in [2.24, 2.45) is 0 Å². The van der Waals surface area contributed by atoms with Crippen molar-refractivity contribution < 1.29 is 0 Å². The number of aryl methyl sites for hydroxylation is 1. The molecule has 2 rings (SSSR count). The lowest BCUT2D eigenvalue weighted by atomic mass is 9.95. The van der Waals surface area contributed by atoms with Gasteiger partial charge in [0.15, 0.2) is 0 Å². The predicted octanol–water partition coefficient (Wildman–Crippen LogP) is 5.20. The Hall–Kier alpha value is -1.02. The van der Waals surface area contributed by atoms with Crippen LogP contribution in [0.1, 0.15) is 29.7 Å². The predicted molar refractivity (Wildman–Crippen MR) is 87.8 cm³/mol. The Balaban J connectivity index is 2.30. The smallest absolute Gasteiger partial charge is 0.0439 e. The highest BCUT2D eigenvalue weighted by Crippen LogP contribution is 2.27. The van der Waals surface area contributed by atoms with E-state index in [4.69, 9.17) is 23.2 Å². The summed E-state index contributed by atoms with van der Waals surface area (Å²) < 4.78 is 0. The number of hydrogen-bond donors (Lipinski definition) is 1. The van der Waals surface area contributed by atoms with Crippen molar-refractivity contribution in [3.8, 4) is 0 Å². The highest BCUT2D eigenvalue weighted by Gasteiger charge is 2.15. The summed E-state index contributed by atoms with van der Waals surface area (Å²) in [6, 6.07) is 14.3. The van der Waals surface area contributed by atoms with Crippen LogP contribution in [0.2, 0.25) is 10.0 Å². The Labute approximate surface area is 130 Å². The van der Waals surface area contributed by atoms with Crippen molar-refractivity contribution in [2.45, 2.75) is 26.3 Å². The molecule has 0 aliphatic heterocycles. The minimum absolute atomic E-state index is 0.247. The summed E-state index contributed by atoms with van der Waals surface area (Å²) >= 11 is 12.4. The maximum absolute atomic E-state index is 6.28. The highest BCUT2D eigenvalue weighted by atomic mass is 35.5. The Morgan fingerprint density at radius 3 is 2.55 bits per heavy atom. The van der Waals surface area contributed by atoms with Crippen LogP contribution < -0.4 is 5.32 Å². The van der Waals surface area contributed by atoms with Crippen LogP contribution in [-0.4, -0.2) is 6.54 Å². The van der Waals surface area contributed by atoms with Crippen LogP contribution in [0.15, 0.2) is 42.5 Å². The van der Waals surface area contributed by atoms with Crippen LogP contribution in [0.3, 0.4) is 0 Å². The minimum atomic E-state index is 0.247. The monoisotopic (exact) mass is 307 g/mol. The average molecular weight is 308 g/mol. The van der Waals surface area contributed by atoms with Crippen molar-refractivity contribution >= 4 is 23.2 Å². The molecule has 1 atom stereocenters. The summed E-state index contributed by atoms with van der Waals surface area (Å²) in [5.41, 5.74) is 3.68. The third-order valence-electron chi connectivity index (χ3n) is 3.45. The molecule has 0 fully saturated rings. The summed E-state index contributed by atoms with van der Waals surface area (Å²) in [7, 11) is 0. The molecule has 1 nitrogen and oxygen atoms in total. The summed E-state index contributed by atoms with van der Waals surface area (Å²) in [6.45, 7) is 5.17. The normalized spacial score (nSPS) is 12.4. The molecule has 0 saturated carbocycles.